The second-order valence-electron chi connectivity index (χ2n) is 9.43. The lowest BCUT2D eigenvalue weighted by Gasteiger charge is -2.19. The number of carbonyl (C=O) groups is 1. The summed E-state index contributed by atoms with van der Waals surface area (Å²) in [6, 6.07) is 20.3. The number of carbonyl (C=O) groups excluding carboxylic acids is 1. The molecular formula is C30H28N2O4. The van der Waals surface area contributed by atoms with Gasteiger partial charge in [0.15, 0.2) is 0 Å². The van der Waals surface area contributed by atoms with Gasteiger partial charge in [0.2, 0.25) is 0 Å². The van der Waals surface area contributed by atoms with Gasteiger partial charge in [0.25, 0.3) is 5.56 Å². The Labute approximate surface area is 210 Å². The van der Waals surface area contributed by atoms with Crippen LogP contribution in [0.3, 0.4) is 0 Å². The number of fused-ring (bicyclic) bond motifs is 1. The van der Waals surface area contributed by atoms with Crippen LogP contribution in [0.2, 0.25) is 0 Å². The second-order valence-corrected chi connectivity index (χ2v) is 9.43. The van der Waals surface area contributed by atoms with E-state index in [-0.39, 0.29) is 11.5 Å². The van der Waals surface area contributed by atoms with E-state index >= 15 is 0 Å². The summed E-state index contributed by atoms with van der Waals surface area (Å²) in [5, 5.41) is 0.513. The van der Waals surface area contributed by atoms with E-state index in [0.717, 1.165) is 22.4 Å². The van der Waals surface area contributed by atoms with Crippen LogP contribution in [0.1, 0.15) is 47.8 Å². The van der Waals surface area contributed by atoms with Crippen LogP contribution in [-0.2, 0) is 17.7 Å². The van der Waals surface area contributed by atoms with Crippen LogP contribution in [0, 0.1) is 11.8 Å². The highest BCUT2D eigenvalue weighted by Crippen LogP contribution is 2.15. The summed E-state index contributed by atoms with van der Waals surface area (Å²) in [6.07, 6.45) is 2.14. The van der Waals surface area contributed by atoms with Crippen LogP contribution >= 0.6 is 0 Å². The van der Waals surface area contributed by atoms with Crippen LogP contribution in [-0.4, -0.2) is 28.2 Å². The third-order valence-corrected chi connectivity index (χ3v) is 5.45. The molecule has 4 rings (SSSR count). The Hall–Kier alpha value is -4.37. The number of esters is 1. The van der Waals surface area contributed by atoms with E-state index in [1.165, 1.54) is 0 Å². The van der Waals surface area contributed by atoms with Gasteiger partial charge in [-0.05, 0) is 74.4 Å². The number of ether oxygens (including phenoxy) is 2. The first kappa shape index (κ1) is 24.7. The Morgan fingerprint density at radius 2 is 1.67 bits per heavy atom. The van der Waals surface area contributed by atoms with Gasteiger partial charge >= 0.3 is 5.97 Å². The molecule has 6 nitrogen and oxygen atoms in total. The highest BCUT2D eigenvalue weighted by atomic mass is 16.6. The number of hydrogen-bond acceptors (Lipinski definition) is 5. The SMILES string of the molecule is COc1ccc(CC#Cc2ccc3ncn(Cc4ccc(C(=O)OC(C)(C)C)cc4)c(=O)c3c2)cc1. The van der Waals surface area contributed by atoms with Crippen molar-refractivity contribution in [2.45, 2.75) is 39.3 Å². The summed E-state index contributed by atoms with van der Waals surface area (Å²) in [4.78, 5) is 29.8. The van der Waals surface area contributed by atoms with E-state index in [0.29, 0.717) is 29.4 Å². The molecule has 0 unspecified atom stereocenters. The van der Waals surface area contributed by atoms with E-state index in [2.05, 4.69) is 16.8 Å². The van der Waals surface area contributed by atoms with Crippen LogP contribution in [0.5, 0.6) is 5.75 Å². The lowest BCUT2D eigenvalue weighted by atomic mass is 10.1. The standard InChI is InChI=1S/C30H28N2O4/c1-30(2,3)36-29(34)24-13-8-23(9-14-24)19-32-20-31-27-17-12-22(18-26(27)28(32)33)7-5-6-21-10-15-25(35-4)16-11-21/h8-18,20H,6,19H2,1-4H3. The first-order valence-electron chi connectivity index (χ1n) is 11.7. The van der Waals surface area contributed by atoms with Crippen LogP contribution in [0.15, 0.2) is 77.9 Å². The first-order valence-corrected chi connectivity index (χ1v) is 11.7. The van der Waals surface area contributed by atoms with E-state index in [9.17, 15) is 9.59 Å². The summed E-state index contributed by atoms with van der Waals surface area (Å²) >= 11 is 0. The Balaban J connectivity index is 1.50. The molecule has 1 heterocycles. The van der Waals surface area contributed by atoms with E-state index < -0.39 is 5.60 Å². The third kappa shape index (κ3) is 6.19. The maximum atomic E-state index is 13.2. The second kappa shape index (κ2) is 10.5. The highest BCUT2D eigenvalue weighted by Gasteiger charge is 2.17. The summed E-state index contributed by atoms with van der Waals surface area (Å²) in [7, 11) is 1.64. The molecule has 0 aliphatic carbocycles. The maximum absolute atomic E-state index is 13.2. The van der Waals surface area contributed by atoms with Gasteiger partial charge in [0.05, 0.1) is 36.4 Å². The fourth-order valence-electron chi connectivity index (χ4n) is 3.62. The van der Waals surface area contributed by atoms with Crippen molar-refractivity contribution in [2.75, 3.05) is 7.11 Å². The maximum Gasteiger partial charge on any atom is 0.338 e. The molecule has 4 aromatic rings. The van der Waals surface area contributed by atoms with Gasteiger partial charge in [0, 0.05) is 12.0 Å². The van der Waals surface area contributed by atoms with Gasteiger partial charge in [-0.3, -0.25) is 9.36 Å². The van der Waals surface area contributed by atoms with Gasteiger partial charge in [-0.15, -0.1) is 0 Å². The molecule has 0 spiro atoms. The van der Waals surface area contributed by atoms with Crippen LogP contribution in [0.4, 0.5) is 0 Å². The minimum atomic E-state index is -0.557. The van der Waals surface area contributed by atoms with Crippen molar-refractivity contribution in [3.63, 3.8) is 0 Å². The Morgan fingerprint density at radius 3 is 2.33 bits per heavy atom. The molecule has 0 radical (unpaired) electrons. The van der Waals surface area contributed by atoms with Crippen molar-refractivity contribution in [3.8, 4) is 17.6 Å². The summed E-state index contributed by atoms with van der Waals surface area (Å²) < 4.78 is 12.1. The molecule has 0 N–H and O–H groups in total. The summed E-state index contributed by atoms with van der Waals surface area (Å²) in [5.74, 6) is 6.74. The van der Waals surface area contributed by atoms with Crippen molar-refractivity contribution in [1.82, 2.24) is 9.55 Å². The molecule has 36 heavy (non-hydrogen) atoms. The van der Waals surface area contributed by atoms with Crippen molar-refractivity contribution in [3.05, 3.63) is 106 Å². The van der Waals surface area contributed by atoms with E-state index in [4.69, 9.17) is 9.47 Å². The number of nitrogens with zero attached hydrogens (tertiary/aromatic N) is 2. The van der Waals surface area contributed by atoms with Crippen molar-refractivity contribution in [1.29, 1.82) is 0 Å². The van der Waals surface area contributed by atoms with Gasteiger partial charge in [0.1, 0.15) is 11.4 Å². The Morgan fingerprint density at radius 1 is 0.972 bits per heavy atom. The van der Waals surface area contributed by atoms with Crippen LogP contribution < -0.4 is 10.3 Å². The highest BCUT2D eigenvalue weighted by molar-refractivity contribution is 5.89. The lowest BCUT2D eigenvalue weighted by Crippen LogP contribution is -2.24. The van der Waals surface area contributed by atoms with Gasteiger partial charge < -0.3 is 9.47 Å². The van der Waals surface area contributed by atoms with Crippen molar-refractivity contribution < 1.29 is 14.3 Å². The van der Waals surface area contributed by atoms with E-state index in [1.54, 1.807) is 36.2 Å². The number of aromatic nitrogens is 2. The molecule has 0 bridgehead atoms. The van der Waals surface area contributed by atoms with Gasteiger partial charge in [-0.25, -0.2) is 9.78 Å². The smallest absolute Gasteiger partial charge is 0.338 e. The van der Waals surface area contributed by atoms with Gasteiger partial charge in [-0.2, -0.15) is 0 Å². The molecule has 0 saturated heterocycles. The molecule has 3 aromatic carbocycles. The first-order chi connectivity index (χ1) is 17.2. The fraction of sp³-hybridized carbons (Fsp3) is 0.233. The van der Waals surface area contributed by atoms with Crippen LogP contribution in [0.25, 0.3) is 10.9 Å². The Bertz CT molecular complexity index is 1500. The predicted molar refractivity (Wildman–Crippen MR) is 140 cm³/mol. The van der Waals surface area contributed by atoms with E-state index in [1.807, 2.05) is 69.3 Å². The molecule has 0 aliphatic rings. The largest absolute Gasteiger partial charge is 0.497 e. The molecule has 0 atom stereocenters. The lowest BCUT2D eigenvalue weighted by molar-refractivity contribution is 0.00695. The molecule has 1 aromatic heterocycles. The number of methoxy groups -OCH3 is 1. The molecule has 0 aliphatic heterocycles. The molecule has 6 heteroatoms. The molecular weight excluding hydrogens is 452 g/mol. The average molecular weight is 481 g/mol. The summed E-state index contributed by atoms with van der Waals surface area (Å²) in [6.45, 7) is 5.83. The fourth-order valence-corrected chi connectivity index (χ4v) is 3.62. The monoisotopic (exact) mass is 480 g/mol. The Kier molecular flexibility index (Phi) is 7.21. The minimum absolute atomic E-state index is 0.143. The molecule has 0 amide bonds. The number of rotatable bonds is 5. The number of hydrogen-bond donors (Lipinski definition) is 0. The quantitative estimate of drug-likeness (QED) is 0.297. The van der Waals surface area contributed by atoms with Crippen molar-refractivity contribution >= 4 is 16.9 Å². The minimum Gasteiger partial charge on any atom is -0.497 e. The molecule has 0 fully saturated rings. The van der Waals surface area contributed by atoms with Gasteiger partial charge in [-0.1, -0.05) is 36.1 Å². The zero-order valence-electron chi connectivity index (χ0n) is 20.9. The zero-order valence-corrected chi connectivity index (χ0v) is 20.9. The third-order valence-electron chi connectivity index (χ3n) is 5.45. The zero-order chi connectivity index (χ0) is 25.7. The summed E-state index contributed by atoms with van der Waals surface area (Å²) in [5.41, 5.74) is 3.11. The molecule has 0 saturated carbocycles. The molecule has 182 valence electrons. The van der Waals surface area contributed by atoms with Crippen molar-refractivity contribution in [2.24, 2.45) is 0 Å². The predicted octanol–water partition coefficient (Wildman–Crippen LogP) is 5.00. The number of benzene rings is 3. The average Bonchev–Trinajstić information content (AvgIpc) is 2.86. The normalized spacial score (nSPS) is 11.0. The topological polar surface area (TPSA) is 70.4 Å².